The molecule has 0 saturated carbocycles. The molecule has 2 rings (SSSR count). The van der Waals surface area contributed by atoms with Crippen molar-refractivity contribution >= 4 is 11.0 Å². The molecule has 0 atom stereocenters. The van der Waals surface area contributed by atoms with Crippen molar-refractivity contribution in [2.24, 2.45) is 0 Å². The summed E-state index contributed by atoms with van der Waals surface area (Å²) >= 11 is 0. The second kappa shape index (κ2) is 3.10. The van der Waals surface area contributed by atoms with Crippen LogP contribution in [0.15, 0.2) is 16.9 Å². The molecule has 0 aliphatic heterocycles. The van der Waals surface area contributed by atoms with E-state index in [0.717, 1.165) is 0 Å². The van der Waals surface area contributed by atoms with Crippen LogP contribution in [0.5, 0.6) is 5.75 Å². The Labute approximate surface area is 84.6 Å². The monoisotopic (exact) mass is 201 g/mol. The molecule has 2 heterocycles. The van der Waals surface area contributed by atoms with Crippen molar-refractivity contribution in [3.8, 4) is 11.8 Å². The van der Waals surface area contributed by atoms with E-state index in [2.05, 4.69) is 9.97 Å². The molecule has 0 spiro atoms. The molecule has 0 bridgehead atoms. The first-order chi connectivity index (χ1) is 7.13. The molecule has 0 saturated heterocycles. The van der Waals surface area contributed by atoms with Crippen LogP contribution < -0.4 is 5.56 Å². The third-order valence-electron chi connectivity index (χ3n) is 2.08. The summed E-state index contributed by atoms with van der Waals surface area (Å²) in [5, 5.41) is 18.3. The van der Waals surface area contributed by atoms with E-state index < -0.39 is 5.56 Å². The highest BCUT2D eigenvalue weighted by atomic mass is 16.3. The number of nitrogens with zero attached hydrogens (tertiary/aromatic N) is 2. The van der Waals surface area contributed by atoms with Crippen LogP contribution in [0.4, 0.5) is 0 Å². The lowest BCUT2D eigenvalue weighted by molar-refractivity contribution is 0.477. The Kier molecular flexibility index (Phi) is 1.90. The van der Waals surface area contributed by atoms with Gasteiger partial charge in [0.1, 0.15) is 11.6 Å². The minimum Gasteiger partial charge on any atom is -0.504 e. The molecule has 0 aliphatic carbocycles. The topological polar surface area (TPSA) is 89.8 Å². The molecule has 5 nitrogen and oxygen atoms in total. The summed E-state index contributed by atoms with van der Waals surface area (Å²) in [4.78, 5) is 17.8. The fourth-order valence-corrected chi connectivity index (χ4v) is 1.35. The average Bonchev–Trinajstić information content (AvgIpc) is 2.20. The van der Waals surface area contributed by atoms with Crippen LogP contribution in [-0.4, -0.2) is 15.1 Å². The Bertz CT molecular complexity index is 637. The second-order valence-electron chi connectivity index (χ2n) is 3.14. The Morgan fingerprint density at radius 2 is 2.27 bits per heavy atom. The lowest BCUT2D eigenvalue weighted by Crippen LogP contribution is -2.10. The minimum atomic E-state index is -0.604. The van der Waals surface area contributed by atoms with Crippen LogP contribution >= 0.6 is 0 Å². The zero-order valence-corrected chi connectivity index (χ0v) is 7.90. The highest BCUT2D eigenvalue weighted by molar-refractivity contribution is 5.82. The molecule has 0 unspecified atom stereocenters. The zero-order chi connectivity index (χ0) is 11.0. The van der Waals surface area contributed by atoms with Gasteiger partial charge in [0, 0.05) is 5.69 Å². The third kappa shape index (κ3) is 1.32. The summed E-state index contributed by atoms with van der Waals surface area (Å²) in [5.41, 5.74) is 0.454. The predicted molar refractivity (Wildman–Crippen MR) is 53.5 cm³/mol. The highest BCUT2D eigenvalue weighted by Gasteiger charge is 2.11. The normalized spacial score (nSPS) is 10.1. The van der Waals surface area contributed by atoms with Crippen LogP contribution in [0.25, 0.3) is 11.0 Å². The summed E-state index contributed by atoms with van der Waals surface area (Å²) in [6, 6.07) is 4.99. The molecule has 0 fully saturated rings. The van der Waals surface area contributed by atoms with E-state index in [-0.39, 0.29) is 16.8 Å². The number of hydrogen-bond donors (Lipinski definition) is 2. The van der Waals surface area contributed by atoms with E-state index in [1.165, 1.54) is 0 Å². The van der Waals surface area contributed by atoms with Gasteiger partial charge in [0.2, 0.25) is 0 Å². The van der Waals surface area contributed by atoms with Crippen molar-refractivity contribution in [3.63, 3.8) is 0 Å². The van der Waals surface area contributed by atoms with Gasteiger partial charge in [0.05, 0.1) is 5.52 Å². The first-order valence-corrected chi connectivity index (χ1v) is 4.26. The van der Waals surface area contributed by atoms with Gasteiger partial charge in [0.25, 0.3) is 5.56 Å². The standard InChI is InChI=1S/C10H7N3O2/c1-5-2-3-7-8(12-5)9(14)6(4-11)10(15)13-7/h2-3H,1H3,(H2,13,14,15). The number of aromatic amines is 1. The van der Waals surface area contributed by atoms with Gasteiger partial charge < -0.3 is 10.1 Å². The maximum atomic E-state index is 11.3. The predicted octanol–water partition coefficient (Wildman–Crippen LogP) is 0.809. The third-order valence-corrected chi connectivity index (χ3v) is 2.08. The van der Waals surface area contributed by atoms with Gasteiger partial charge in [-0.1, -0.05) is 0 Å². The quantitative estimate of drug-likeness (QED) is 0.659. The number of nitriles is 1. The fraction of sp³-hybridized carbons (Fsp3) is 0.100. The lowest BCUT2D eigenvalue weighted by Gasteiger charge is -2.02. The molecular weight excluding hydrogens is 194 g/mol. The molecule has 0 aliphatic rings. The van der Waals surface area contributed by atoms with E-state index in [9.17, 15) is 9.90 Å². The average molecular weight is 201 g/mol. The zero-order valence-electron chi connectivity index (χ0n) is 7.90. The number of aromatic nitrogens is 2. The van der Waals surface area contributed by atoms with Crippen molar-refractivity contribution in [2.45, 2.75) is 6.92 Å². The summed E-state index contributed by atoms with van der Waals surface area (Å²) in [6.07, 6.45) is 0. The van der Waals surface area contributed by atoms with Gasteiger partial charge >= 0.3 is 0 Å². The maximum absolute atomic E-state index is 11.3. The molecule has 0 amide bonds. The van der Waals surface area contributed by atoms with Crippen LogP contribution in [0, 0.1) is 18.3 Å². The van der Waals surface area contributed by atoms with E-state index in [1.807, 2.05) is 0 Å². The summed E-state index contributed by atoms with van der Waals surface area (Å²) in [7, 11) is 0. The number of aromatic hydroxyl groups is 1. The molecule has 2 N–H and O–H groups in total. The van der Waals surface area contributed by atoms with Gasteiger partial charge in [0.15, 0.2) is 11.3 Å². The van der Waals surface area contributed by atoms with Crippen molar-refractivity contribution < 1.29 is 5.11 Å². The number of hydrogen-bond acceptors (Lipinski definition) is 4. The Morgan fingerprint density at radius 3 is 2.93 bits per heavy atom. The van der Waals surface area contributed by atoms with E-state index in [4.69, 9.17) is 5.26 Å². The second-order valence-corrected chi connectivity index (χ2v) is 3.14. The van der Waals surface area contributed by atoms with E-state index >= 15 is 0 Å². The summed E-state index contributed by atoms with van der Waals surface area (Å²) in [6.45, 7) is 1.76. The van der Waals surface area contributed by atoms with Crippen LogP contribution in [0.1, 0.15) is 11.3 Å². The van der Waals surface area contributed by atoms with Crippen LogP contribution in [0.3, 0.4) is 0 Å². The fourth-order valence-electron chi connectivity index (χ4n) is 1.35. The van der Waals surface area contributed by atoms with Crippen LogP contribution in [-0.2, 0) is 0 Å². The molecule has 15 heavy (non-hydrogen) atoms. The van der Waals surface area contributed by atoms with Crippen LogP contribution in [0.2, 0.25) is 0 Å². The van der Waals surface area contributed by atoms with Crippen molar-refractivity contribution in [2.75, 3.05) is 0 Å². The largest absolute Gasteiger partial charge is 0.504 e. The maximum Gasteiger partial charge on any atom is 0.270 e. The van der Waals surface area contributed by atoms with Gasteiger partial charge in [-0.3, -0.25) is 4.79 Å². The number of fused-ring (bicyclic) bond motifs is 1. The molecule has 74 valence electrons. The van der Waals surface area contributed by atoms with E-state index in [1.54, 1.807) is 25.1 Å². The van der Waals surface area contributed by atoms with Gasteiger partial charge in [-0.2, -0.15) is 5.26 Å². The SMILES string of the molecule is Cc1ccc2[nH]c(=O)c(C#N)c(O)c2n1. The molecular formula is C10H7N3O2. The Morgan fingerprint density at radius 1 is 1.53 bits per heavy atom. The Balaban J connectivity index is 3.00. The molecule has 5 heteroatoms. The number of rotatable bonds is 0. The molecule has 0 radical (unpaired) electrons. The van der Waals surface area contributed by atoms with Crippen molar-refractivity contribution in [1.29, 1.82) is 5.26 Å². The number of aryl methyl sites for hydroxylation is 1. The first kappa shape index (κ1) is 9.21. The van der Waals surface area contributed by atoms with Crippen molar-refractivity contribution in [3.05, 3.63) is 33.7 Å². The number of H-pyrrole nitrogens is 1. The van der Waals surface area contributed by atoms with E-state index in [0.29, 0.717) is 11.2 Å². The molecule has 0 aromatic carbocycles. The Hall–Kier alpha value is -2.35. The smallest absolute Gasteiger partial charge is 0.270 e. The van der Waals surface area contributed by atoms with Crippen molar-refractivity contribution in [1.82, 2.24) is 9.97 Å². The number of nitrogens with one attached hydrogen (secondary N) is 1. The summed E-state index contributed by atoms with van der Waals surface area (Å²) < 4.78 is 0. The lowest BCUT2D eigenvalue weighted by atomic mass is 10.2. The van der Waals surface area contributed by atoms with Gasteiger partial charge in [-0.05, 0) is 19.1 Å². The highest BCUT2D eigenvalue weighted by Crippen LogP contribution is 2.22. The summed E-state index contributed by atoms with van der Waals surface area (Å²) in [5.74, 6) is -0.361. The van der Waals surface area contributed by atoms with Gasteiger partial charge in [-0.15, -0.1) is 0 Å². The minimum absolute atomic E-state index is 0.242. The molecule has 2 aromatic rings. The first-order valence-electron chi connectivity index (χ1n) is 4.26. The number of pyridine rings is 2. The molecule has 2 aromatic heterocycles. The van der Waals surface area contributed by atoms with Gasteiger partial charge in [-0.25, -0.2) is 4.98 Å².